The van der Waals surface area contributed by atoms with Crippen molar-refractivity contribution < 1.29 is 23.5 Å². The van der Waals surface area contributed by atoms with Crippen molar-refractivity contribution in [3.63, 3.8) is 0 Å². The predicted molar refractivity (Wildman–Crippen MR) is 87.8 cm³/mol. The smallest absolute Gasteiger partial charge is 0.289 e. The monoisotopic (exact) mass is 338 g/mol. The summed E-state index contributed by atoms with van der Waals surface area (Å²) in [4.78, 5) is 28.1. The molecule has 1 saturated heterocycles. The minimum absolute atomic E-state index is 0.0487. The molecule has 0 radical (unpaired) electrons. The number of carbonyl (C=O) groups excluding carboxylic acids is 2. The Labute approximate surface area is 142 Å². The van der Waals surface area contributed by atoms with E-state index in [0.717, 1.165) is 0 Å². The van der Waals surface area contributed by atoms with Crippen LogP contribution in [0, 0.1) is 6.92 Å². The molecule has 0 unspecified atom stereocenters. The number of hydrogen-bond acceptors (Lipinski definition) is 5. The van der Waals surface area contributed by atoms with E-state index in [1.807, 2.05) is 6.92 Å². The Kier molecular flexibility index (Phi) is 6.81. The summed E-state index contributed by atoms with van der Waals surface area (Å²) in [6.45, 7) is 8.99. The van der Waals surface area contributed by atoms with E-state index in [-0.39, 0.29) is 11.8 Å². The number of aryl methyl sites for hydroxylation is 1. The zero-order chi connectivity index (χ0) is 17.5. The van der Waals surface area contributed by atoms with Crippen LogP contribution >= 0.6 is 0 Å². The fourth-order valence-electron chi connectivity index (χ4n) is 2.59. The number of rotatable bonds is 7. The van der Waals surface area contributed by atoms with Crippen LogP contribution in [0.4, 0.5) is 0 Å². The van der Waals surface area contributed by atoms with Crippen LogP contribution in [0.15, 0.2) is 16.5 Å². The molecule has 2 heterocycles. The Morgan fingerprint density at radius 2 is 1.83 bits per heavy atom. The molecule has 0 spiro atoms. The minimum Gasteiger partial charge on any atom is -0.456 e. The fourth-order valence-corrected chi connectivity index (χ4v) is 2.59. The third kappa shape index (κ3) is 4.82. The maximum Gasteiger partial charge on any atom is 0.289 e. The molecule has 0 aliphatic carbocycles. The molecular weight excluding hydrogens is 312 g/mol. The normalized spacial score (nSPS) is 16.3. The summed E-state index contributed by atoms with van der Waals surface area (Å²) in [5, 5.41) is 0. The lowest BCUT2D eigenvalue weighted by Crippen LogP contribution is -2.52. The summed E-state index contributed by atoms with van der Waals surface area (Å²) in [5.74, 6) is 0.883. The summed E-state index contributed by atoms with van der Waals surface area (Å²) in [5.41, 5.74) is 0. The third-order valence-corrected chi connectivity index (χ3v) is 3.98. The van der Waals surface area contributed by atoms with Gasteiger partial charge in [-0.05, 0) is 32.9 Å². The highest BCUT2D eigenvalue weighted by Gasteiger charge is 2.28. The van der Waals surface area contributed by atoms with Gasteiger partial charge in [-0.1, -0.05) is 0 Å². The van der Waals surface area contributed by atoms with Crippen molar-refractivity contribution in [2.24, 2.45) is 0 Å². The van der Waals surface area contributed by atoms with Gasteiger partial charge in [-0.3, -0.25) is 9.59 Å². The quantitative estimate of drug-likeness (QED) is 0.701. The molecule has 134 valence electrons. The lowest BCUT2D eigenvalue weighted by atomic mass is 10.2. The van der Waals surface area contributed by atoms with Crippen LogP contribution in [0.1, 0.15) is 30.2 Å². The van der Waals surface area contributed by atoms with Crippen molar-refractivity contribution in [1.82, 2.24) is 9.80 Å². The molecule has 2 rings (SSSR count). The summed E-state index contributed by atoms with van der Waals surface area (Å²) in [7, 11) is 0. The van der Waals surface area contributed by atoms with Gasteiger partial charge in [0.2, 0.25) is 0 Å². The molecule has 0 aromatic carbocycles. The Morgan fingerprint density at radius 1 is 1.17 bits per heavy atom. The van der Waals surface area contributed by atoms with E-state index in [2.05, 4.69) is 0 Å². The van der Waals surface area contributed by atoms with Crippen LogP contribution in [0.3, 0.4) is 0 Å². The highest BCUT2D eigenvalue weighted by molar-refractivity contribution is 5.91. The minimum atomic E-state index is -0.500. The first-order valence-corrected chi connectivity index (χ1v) is 8.36. The van der Waals surface area contributed by atoms with E-state index >= 15 is 0 Å². The largest absolute Gasteiger partial charge is 0.456 e. The molecule has 1 aromatic heterocycles. The van der Waals surface area contributed by atoms with Gasteiger partial charge in [-0.2, -0.15) is 0 Å². The number of carbonyl (C=O) groups is 2. The first kappa shape index (κ1) is 18.5. The Hall–Kier alpha value is -1.86. The highest BCUT2D eigenvalue weighted by Crippen LogP contribution is 2.13. The van der Waals surface area contributed by atoms with E-state index < -0.39 is 6.10 Å². The molecule has 1 aromatic rings. The number of nitrogens with zero attached hydrogens (tertiary/aromatic N) is 2. The lowest BCUT2D eigenvalue weighted by molar-refractivity contribution is -0.145. The van der Waals surface area contributed by atoms with E-state index in [4.69, 9.17) is 13.9 Å². The van der Waals surface area contributed by atoms with Crippen molar-refractivity contribution in [2.75, 3.05) is 46.0 Å². The van der Waals surface area contributed by atoms with E-state index in [9.17, 15) is 9.59 Å². The van der Waals surface area contributed by atoms with Gasteiger partial charge in [0.1, 0.15) is 11.9 Å². The summed E-state index contributed by atoms with van der Waals surface area (Å²) in [6.07, 6.45) is -0.500. The Bertz CT molecular complexity index is 549. The SMILES string of the molecule is CCOCCO[C@@H](C)C(=O)N1CCN(C(=O)c2ccc(C)o2)CC1. The van der Waals surface area contributed by atoms with Crippen LogP contribution < -0.4 is 0 Å². The fraction of sp³-hybridized carbons (Fsp3) is 0.647. The first-order chi connectivity index (χ1) is 11.5. The molecule has 0 bridgehead atoms. The second-order valence-corrected chi connectivity index (χ2v) is 5.74. The summed E-state index contributed by atoms with van der Waals surface area (Å²) < 4.78 is 16.1. The maximum atomic E-state index is 12.3. The standard InChI is InChI=1S/C17H26N2O5/c1-4-22-11-12-23-14(3)16(20)18-7-9-19(10-8-18)17(21)15-6-5-13(2)24-15/h5-6,14H,4,7-12H2,1-3H3/t14-/m0/s1. The van der Waals surface area contributed by atoms with Crippen LogP contribution in [-0.4, -0.2) is 73.7 Å². The predicted octanol–water partition coefficient (Wildman–Crippen LogP) is 1.31. The van der Waals surface area contributed by atoms with Gasteiger partial charge in [-0.15, -0.1) is 0 Å². The average Bonchev–Trinajstić information content (AvgIpc) is 3.04. The molecule has 0 N–H and O–H groups in total. The zero-order valence-electron chi connectivity index (χ0n) is 14.6. The van der Waals surface area contributed by atoms with Crippen LogP contribution in [0.2, 0.25) is 0 Å². The van der Waals surface area contributed by atoms with Crippen LogP contribution in [-0.2, 0) is 14.3 Å². The molecule has 1 aliphatic heterocycles. The molecule has 7 nitrogen and oxygen atoms in total. The van der Waals surface area contributed by atoms with Crippen molar-refractivity contribution in [3.8, 4) is 0 Å². The van der Waals surface area contributed by atoms with Crippen LogP contribution in [0.25, 0.3) is 0 Å². The van der Waals surface area contributed by atoms with Crippen molar-refractivity contribution in [1.29, 1.82) is 0 Å². The zero-order valence-corrected chi connectivity index (χ0v) is 14.6. The molecule has 0 saturated carbocycles. The van der Waals surface area contributed by atoms with Gasteiger partial charge in [0.05, 0.1) is 13.2 Å². The number of hydrogen-bond donors (Lipinski definition) is 0. The average molecular weight is 338 g/mol. The Balaban J connectivity index is 1.77. The van der Waals surface area contributed by atoms with E-state index in [1.165, 1.54) is 0 Å². The summed E-state index contributed by atoms with van der Waals surface area (Å²) in [6, 6.07) is 3.46. The number of ether oxygens (including phenoxy) is 2. The van der Waals surface area contributed by atoms with Gasteiger partial charge >= 0.3 is 0 Å². The van der Waals surface area contributed by atoms with E-state index in [0.29, 0.717) is 57.5 Å². The second-order valence-electron chi connectivity index (χ2n) is 5.74. The van der Waals surface area contributed by atoms with Gasteiger partial charge in [0.15, 0.2) is 5.76 Å². The number of piperazine rings is 1. The van der Waals surface area contributed by atoms with Gasteiger partial charge in [-0.25, -0.2) is 0 Å². The van der Waals surface area contributed by atoms with Gasteiger partial charge in [0.25, 0.3) is 11.8 Å². The van der Waals surface area contributed by atoms with Gasteiger partial charge in [0, 0.05) is 32.8 Å². The van der Waals surface area contributed by atoms with E-state index in [1.54, 1.807) is 35.8 Å². The number of furan rings is 1. The highest BCUT2D eigenvalue weighted by atomic mass is 16.5. The third-order valence-electron chi connectivity index (χ3n) is 3.98. The number of amides is 2. The topological polar surface area (TPSA) is 72.2 Å². The summed E-state index contributed by atoms with van der Waals surface area (Å²) >= 11 is 0. The Morgan fingerprint density at radius 3 is 2.42 bits per heavy atom. The van der Waals surface area contributed by atoms with Gasteiger partial charge < -0.3 is 23.7 Å². The van der Waals surface area contributed by atoms with Crippen molar-refractivity contribution in [3.05, 3.63) is 23.7 Å². The van der Waals surface area contributed by atoms with Crippen molar-refractivity contribution in [2.45, 2.75) is 26.9 Å². The molecule has 1 fully saturated rings. The molecule has 7 heteroatoms. The molecule has 1 atom stereocenters. The maximum absolute atomic E-state index is 12.3. The molecule has 1 aliphatic rings. The lowest BCUT2D eigenvalue weighted by Gasteiger charge is -2.35. The van der Waals surface area contributed by atoms with Crippen LogP contribution in [0.5, 0.6) is 0 Å². The van der Waals surface area contributed by atoms with Crippen molar-refractivity contribution >= 4 is 11.8 Å². The molecular formula is C17H26N2O5. The molecule has 2 amide bonds. The second kappa shape index (κ2) is 8.84. The molecule has 24 heavy (non-hydrogen) atoms. The first-order valence-electron chi connectivity index (χ1n) is 8.36.